The third kappa shape index (κ3) is 5.26. The van der Waals surface area contributed by atoms with E-state index in [9.17, 15) is 22.5 Å². The van der Waals surface area contributed by atoms with Gasteiger partial charge < -0.3 is 14.4 Å². The Balaban J connectivity index is 1.45. The first kappa shape index (κ1) is 26.1. The third-order valence-electron chi connectivity index (χ3n) is 6.59. The molecule has 1 fully saturated rings. The Hall–Kier alpha value is -2.50. The molecule has 6 nitrogen and oxygen atoms in total. The second-order valence-corrected chi connectivity index (χ2v) is 11.7. The lowest BCUT2D eigenvalue weighted by molar-refractivity contribution is -0.274. The van der Waals surface area contributed by atoms with E-state index in [4.69, 9.17) is 28.0 Å². The molecule has 0 amide bonds. The van der Waals surface area contributed by atoms with Crippen LogP contribution in [0.15, 0.2) is 65.6 Å². The van der Waals surface area contributed by atoms with Gasteiger partial charge in [0, 0.05) is 37.9 Å². The van der Waals surface area contributed by atoms with Crippen molar-refractivity contribution in [3.8, 4) is 5.75 Å². The summed E-state index contributed by atoms with van der Waals surface area (Å²) in [7, 11) is -3.63. The van der Waals surface area contributed by atoms with E-state index in [1.807, 2.05) is 28.8 Å². The Morgan fingerprint density at radius 1 is 0.973 bits per heavy atom. The summed E-state index contributed by atoms with van der Waals surface area (Å²) in [4.78, 5) is -0.0162. The lowest BCUT2D eigenvalue weighted by Crippen LogP contribution is -2.49. The van der Waals surface area contributed by atoms with Gasteiger partial charge in [0.15, 0.2) is 0 Å². The number of hydrogen-bond acceptors (Lipinski definition) is 4. The number of aliphatic hydroxyl groups excluding tert-OH is 1. The maximum absolute atomic E-state index is 13.2. The highest BCUT2D eigenvalue weighted by Crippen LogP contribution is 2.40. The topological polar surface area (TPSA) is 87.3 Å². The molecule has 0 spiro atoms. The van der Waals surface area contributed by atoms with Gasteiger partial charge in [-0.1, -0.05) is 23.2 Å². The molecule has 4 aromatic rings. The smallest absolute Gasteiger partial charge is 0.406 e. The van der Waals surface area contributed by atoms with Crippen molar-refractivity contribution in [1.29, 1.82) is 4.78 Å². The largest absolute Gasteiger partial charge is 0.573 e. The molecule has 1 aromatic heterocycles. The number of hydrogen-bond donors (Lipinski definition) is 3. The Bertz CT molecular complexity index is 1510. The Morgan fingerprint density at radius 3 is 2.08 bits per heavy atom. The zero-order valence-electron chi connectivity index (χ0n) is 19.1. The van der Waals surface area contributed by atoms with Crippen molar-refractivity contribution in [1.82, 2.24) is 9.29 Å². The summed E-state index contributed by atoms with van der Waals surface area (Å²) in [6.07, 6.45) is -4.05. The number of aromatic nitrogens is 1. The van der Waals surface area contributed by atoms with Crippen LogP contribution >= 0.6 is 23.2 Å². The molecule has 37 heavy (non-hydrogen) atoms. The number of nitrogens with one attached hydrogen (secondary N) is 2. The highest BCUT2D eigenvalue weighted by atomic mass is 35.5. The van der Waals surface area contributed by atoms with Crippen molar-refractivity contribution in [2.75, 3.05) is 0 Å². The molecule has 5 rings (SSSR count). The van der Waals surface area contributed by atoms with Crippen molar-refractivity contribution >= 4 is 54.9 Å². The molecule has 4 atom stereocenters. The minimum Gasteiger partial charge on any atom is -0.406 e. The maximum atomic E-state index is 13.2. The molecule has 0 radical (unpaired) electrons. The summed E-state index contributed by atoms with van der Waals surface area (Å²) in [5.74, 6) is -0.476. The van der Waals surface area contributed by atoms with Crippen molar-refractivity contribution in [2.24, 2.45) is 0 Å². The monoisotopic (exact) mass is 571 g/mol. The molecule has 1 aliphatic carbocycles. The molecular formula is C25H22Cl2F3N3O3S. The van der Waals surface area contributed by atoms with E-state index in [1.165, 1.54) is 0 Å². The Labute approximate surface area is 221 Å². The molecule has 1 heterocycles. The zero-order chi connectivity index (χ0) is 26.5. The third-order valence-corrected chi connectivity index (χ3v) is 8.63. The quantitative estimate of drug-likeness (QED) is 0.239. The van der Waals surface area contributed by atoms with Gasteiger partial charge in [-0.3, -0.25) is 0 Å². The van der Waals surface area contributed by atoms with Gasteiger partial charge in [-0.05, 0) is 79.9 Å². The average molecular weight is 572 g/mol. The summed E-state index contributed by atoms with van der Waals surface area (Å²) in [6.45, 7) is 0. The van der Waals surface area contributed by atoms with E-state index in [2.05, 4.69) is 9.46 Å². The number of rotatable bonds is 5. The van der Waals surface area contributed by atoms with Gasteiger partial charge in [0.1, 0.15) is 15.7 Å². The molecule has 196 valence electrons. The van der Waals surface area contributed by atoms with Crippen LogP contribution in [0, 0.1) is 4.78 Å². The molecular weight excluding hydrogens is 550 g/mol. The molecule has 0 bridgehead atoms. The number of halogens is 5. The molecule has 0 aliphatic heterocycles. The van der Waals surface area contributed by atoms with Crippen LogP contribution in [0.2, 0.25) is 10.0 Å². The van der Waals surface area contributed by atoms with Gasteiger partial charge in [0.05, 0.1) is 17.0 Å². The van der Waals surface area contributed by atoms with E-state index in [0.717, 1.165) is 46.1 Å². The number of ether oxygens (including phenoxy) is 1. The fourth-order valence-electron chi connectivity index (χ4n) is 5.04. The predicted molar refractivity (Wildman–Crippen MR) is 138 cm³/mol. The number of benzene rings is 3. The summed E-state index contributed by atoms with van der Waals surface area (Å²) < 4.78 is 67.6. The summed E-state index contributed by atoms with van der Waals surface area (Å²) in [5, 5.41) is 14.3. The first-order valence-corrected chi connectivity index (χ1v) is 13.7. The minimum atomic E-state index is -4.85. The molecule has 3 aromatic carbocycles. The van der Waals surface area contributed by atoms with E-state index >= 15 is 0 Å². The summed E-state index contributed by atoms with van der Waals surface area (Å²) >= 11 is 12.5. The molecule has 0 saturated heterocycles. The van der Waals surface area contributed by atoms with Crippen LogP contribution in [-0.4, -0.2) is 32.4 Å². The van der Waals surface area contributed by atoms with Gasteiger partial charge in [0.25, 0.3) is 0 Å². The Kier molecular flexibility index (Phi) is 6.82. The molecule has 1 aliphatic rings. The fraction of sp³-hybridized carbons (Fsp3) is 0.280. The first-order chi connectivity index (χ1) is 17.4. The van der Waals surface area contributed by atoms with Crippen LogP contribution in [0.3, 0.4) is 0 Å². The van der Waals surface area contributed by atoms with Crippen molar-refractivity contribution in [2.45, 2.75) is 48.7 Å². The standard InChI is InChI=1S/C25H22Cl2F3N3O3S/c26-14-4-10-21-18(12-14)19-13-15(27)5-11-22(19)33(21)23-3-1-2-20(24(23)34)32-37(31,35)17-8-6-16(7-9-17)36-25(28,29)30/h4-13,20,23-24,34H,1-3H2,(H2,31,32,35). The second kappa shape index (κ2) is 9.67. The minimum absolute atomic E-state index is 0.0162. The molecule has 12 heteroatoms. The van der Waals surface area contributed by atoms with E-state index in [1.54, 1.807) is 12.1 Å². The van der Waals surface area contributed by atoms with Gasteiger partial charge in [-0.15, -0.1) is 13.2 Å². The second-order valence-electron chi connectivity index (χ2n) is 8.98. The normalized spacial score (nSPS) is 22.3. The van der Waals surface area contributed by atoms with Crippen molar-refractivity contribution < 1.29 is 27.2 Å². The highest BCUT2D eigenvalue weighted by molar-refractivity contribution is 7.90. The highest BCUT2D eigenvalue weighted by Gasteiger charge is 2.36. The van der Waals surface area contributed by atoms with Crippen molar-refractivity contribution in [3.63, 3.8) is 0 Å². The van der Waals surface area contributed by atoms with Crippen LogP contribution in [0.5, 0.6) is 5.75 Å². The number of alkyl halides is 3. The molecule has 1 saturated carbocycles. The SMILES string of the molecule is N=S(=O)(NC1CCCC(n2c3ccc(Cl)cc3c3cc(Cl)ccc32)C1O)c1ccc(OC(F)(F)F)cc1. The van der Waals surface area contributed by atoms with Crippen LogP contribution in [0.25, 0.3) is 21.8 Å². The van der Waals surface area contributed by atoms with Gasteiger partial charge in [-0.2, -0.15) is 0 Å². The average Bonchev–Trinajstić information content (AvgIpc) is 3.12. The summed E-state index contributed by atoms with van der Waals surface area (Å²) in [5.41, 5.74) is 1.72. The van der Waals surface area contributed by atoms with Crippen LogP contribution < -0.4 is 9.46 Å². The molecule has 4 unspecified atom stereocenters. The number of nitrogens with zero attached hydrogens (tertiary/aromatic N) is 1. The lowest BCUT2D eigenvalue weighted by Gasteiger charge is -2.37. The van der Waals surface area contributed by atoms with Gasteiger partial charge in [-0.25, -0.2) is 13.7 Å². The number of fused-ring (bicyclic) bond motifs is 3. The van der Waals surface area contributed by atoms with E-state index < -0.39 is 40.2 Å². The van der Waals surface area contributed by atoms with Crippen molar-refractivity contribution in [3.05, 3.63) is 70.7 Å². The number of aliphatic hydroxyl groups is 1. The van der Waals surface area contributed by atoms with Crippen LogP contribution in [0.4, 0.5) is 13.2 Å². The van der Waals surface area contributed by atoms with E-state index in [0.29, 0.717) is 29.3 Å². The fourth-order valence-corrected chi connectivity index (χ4v) is 6.72. The van der Waals surface area contributed by atoms with Crippen LogP contribution in [-0.2, 0) is 9.92 Å². The summed E-state index contributed by atoms with van der Waals surface area (Å²) in [6, 6.07) is 14.2. The van der Waals surface area contributed by atoms with Gasteiger partial charge in [0.2, 0.25) is 0 Å². The Morgan fingerprint density at radius 2 is 1.54 bits per heavy atom. The predicted octanol–water partition coefficient (Wildman–Crippen LogP) is 7.06. The van der Waals surface area contributed by atoms with Gasteiger partial charge >= 0.3 is 6.36 Å². The van der Waals surface area contributed by atoms with Crippen LogP contribution in [0.1, 0.15) is 25.3 Å². The maximum Gasteiger partial charge on any atom is 0.573 e. The van der Waals surface area contributed by atoms with E-state index in [-0.39, 0.29) is 4.90 Å². The lowest BCUT2D eigenvalue weighted by atomic mass is 9.88. The zero-order valence-corrected chi connectivity index (χ0v) is 21.5. The first-order valence-electron chi connectivity index (χ1n) is 11.4. The molecule has 3 N–H and O–H groups in total.